The van der Waals surface area contributed by atoms with Gasteiger partial charge in [0.2, 0.25) is 11.5 Å². The fraction of sp³-hybridized carbons (Fsp3) is 0.0811. The molecule has 0 radical (unpaired) electrons. The van der Waals surface area contributed by atoms with Crippen LogP contribution in [0.25, 0.3) is 22.3 Å². The Bertz CT molecular complexity index is 1800. The standard InChI is InChI=1S/C19H16O4.C18H14O4/c1-21-19(20)18-12-11-17(23-18)13-22-16-9-7-15(8-10-16)14-5-3-2-4-6-14;19-18(20)17-11-10-16(22-17)12-21-15-8-6-14(7-9-15)13-4-2-1-3-5-13/h2-12H,13H2,1H3;1-11H,12H2,(H,19,20). The lowest BCUT2D eigenvalue weighted by Gasteiger charge is -2.06. The first-order valence-electron chi connectivity index (χ1n) is 14.0. The molecule has 0 bridgehead atoms. The number of hydrogen-bond donors (Lipinski definition) is 1. The summed E-state index contributed by atoms with van der Waals surface area (Å²) in [6.45, 7) is 0.444. The van der Waals surface area contributed by atoms with Gasteiger partial charge in [-0.15, -0.1) is 0 Å². The van der Waals surface area contributed by atoms with Gasteiger partial charge in [0.1, 0.15) is 36.2 Å². The number of furan rings is 2. The molecule has 8 nitrogen and oxygen atoms in total. The molecule has 0 saturated carbocycles. The lowest BCUT2D eigenvalue weighted by atomic mass is 10.1. The molecule has 0 unspecified atom stereocenters. The number of carboxylic acids is 1. The van der Waals surface area contributed by atoms with Gasteiger partial charge in [-0.25, -0.2) is 9.59 Å². The molecule has 0 fully saturated rings. The monoisotopic (exact) mass is 602 g/mol. The van der Waals surface area contributed by atoms with Crippen LogP contribution in [0.3, 0.4) is 0 Å². The first-order valence-corrected chi connectivity index (χ1v) is 14.0. The molecule has 0 atom stereocenters. The van der Waals surface area contributed by atoms with Crippen molar-refractivity contribution in [3.05, 3.63) is 157 Å². The number of carbonyl (C=O) groups excluding carboxylic acids is 1. The normalized spacial score (nSPS) is 10.3. The van der Waals surface area contributed by atoms with Crippen molar-refractivity contribution >= 4 is 11.9 Å². The van der Waals surface area contributed by atoms with Crippen LogP contribution in [-0.4, -0.2) is 24.2 Å². The molecular weight excluding hydrogens is 572 g/mol. The lowest BCUT2D eigenvalue weighted by Crippen LogP contribution is -1.99. The van der Waals surface area contributed by atoms with E-state index in [2.05, 4.69) is 16.9 Å². The molecule has 6 aromatic rings. The SMILES string of the molecule is COC(=O)c1ccc(COc2ccc(-c3ccccc3)cc2)o1.O=C(O)c1ccc(COc2ccc(-c3ccccc3)cc2)o1. The van der Waals surface area contributed by atoms with Crippen molar-refractivity contribution in [2.45, 2.75) is 13.2 Å². The summed E-state index contributed by atoms with van der Waals surface area (Å²) in [6.07, 6.45) is 0. The van der Waals surface area contributed by atoms with Gasteiger partial charge in [0.05, 0.1) is 7.11 Å². The zero-order valence-corrected chi connectivity index (χ0v) is 24.4. The lowest BCUT2D eigenvalue weighted by molar-refractivity contribution is 0.0560. The Morgan fingerprint density at radius 2 is 0.933 bits per heavy atom. The Morgan fingerprint density at radius 3 is 1.33 bits per heavy atom. The molecule has 0 aliphatic rings. The minimum Gasteiger partial charge on any atom is -0.486 e. The molecule has 226 valence electrons. The van der Waals surface area contributed by atoms with Gasteiger partial charge in [-0.3, -0.25) is 0 Å². The zero-order chi connectivity index (χ0) is 31.4. The second-order valence-electron chi connectivity index (χ2n) is 9.69. The molecule has 2 aromatic heterocycles. The predicted molar refractivity (Wildman–Crippen MR) is 168 cm³/mol. The van der Waals surface area contributed by atoms with Gasteiger partial charge in [-0.1, -0.05) is 84.9 Å². The summed E-state index contributed by atoms with van der Waals surface area (Å²) < 4.78 is 26.3. The first-order chi connectivity index (χ1) is 22.0. The molecule has 2 heterocycles. The second-order valence-corrected chi connectivity index (χ2v) is 9.69. The summed E-state index contributed by atoms with van der Waals surface area (Å²) in [7, 11) is 1.31. The van der Waals surface area contributed by atoms with Gasteiger partial charge < -0.3 is 28.2 Å². The van der Waals surface area contributed by atoms with E-state index in [1.165, 1.54) is 13.2 Å². The maximum Gasteiger partial charge on any atom is 0.373 e. The maximum atomic E-state index is 11.3. The molecule has 0 aliphatic carbocycles. The highest BCUT2D eigenvalue weighted by Crippen LogP contribution is 2.24. The third kappa shape index (κ3) is 8.52. The van der Waals surface area contributed by atoms with Gasteiger partial charge in [0.25, 0.3) is 0 Å². The third-order valence-corrected chi connectivity index (χ3v) is 6.61. The van der Waals surface area contributed by atoms with Crippen LogP contribution < -0.4 is 9.47 Å². The molecule has 4 aromatic carbocycles. The predicted octanol–water partition coefficient (Wildman–Crippen LogP) is 8.54. The fourth-order valence-corrected chi connectivity index (χ4v) is 4.29. The number of carbonyl (C=O) groups is 2. The quantitative estimate of drug-likeness (QED) is 0.155. The van der Waals surface area contributed by atoms with Crippen LogP contribution in [0.4, 0.5) is 0 Å². The van der Waals surface area contributed by atoms with Crippen LogP contribution in [0.2, 0.25) is 0 Å². The Labute approximate surface area is 260 Å². The summed E-state index contributed by atoms with van der Waals surface area (Å²) in [5.74, 6) is 0.987. The number of benzene rings is 4. The zero-order valence-electron chi connectivity index (χ0n) is 24.4. The Hall–Kier alpha value is -6.02. The number of methoxy groups -OCH3 is 1. The van der Waals surface area contributed by atoms with Crippen LogP contribution in [0.1, 0.15) is 32.6 Å². The molecule has 0 saturated heterocycles. The topological polar surface area (TPSA) is 108 Å². The Morgan fingerprint density at radius 1 is 0.533 bits per heavy atom. The van der Waals surface area contributed by atoms with Gasteiger partial charge in [-0.2, -0.15) is 0 Å². The van der Waals surface area contributed by atoms with E-state index in [1.54, 1.807) is 18.2 Å². The van der Waals surface area contributed by atoms with E-state index in [1.807, 2.05) is 97.1 Å². The van der Waals surface area contributed by atoms with E-state index in [9.17, 15) is 9.59 Å². The molecule has 0 amide bonds. The van der Waals surface area contributed by atoms with Crippen molar-refractivity contribution in [3.63, 3.8) is 0 Å². The van der Waals surface area contributed by atoms with Crippen LogP contribution in [-0.2, 0) is 18.0 Å². The number of carboxylic acid groups (broad SMARTS) is 1. The number of rotatable bonds is 10. The van der Waals surface area contributed by atoms with Crippen LogP contribution in [0.15, 0.2) is 142 Å². The minimum absolute atomic E-state index is 0.0852. The van der Waals surface area contributed by atoms with E-state index < -0.39 is 11.9 Å². The first kappa shape index (κ1) is 30.4. The number of ether oxygens (including phenoxy) is 3. The van der Waals surface area contributed by atoms with Gasteiger partial charge in [-0.05, 0) is 70.8 Å². The number of hydrogen-bond acceptors (Lipinski definition) is 7. The summed E-state index contributed by atoms with van der Waals surface area (Å²) >= 11 is 0. The Kier molecular flexibility index (Phi) is 10.1. The smallest absolute Gasteiger partial charge is 0.373 e. The average molecular weight is 603 g/mol. The highest BCUT2D eigenvalue weighted by atomic mass is 16.5. The molecule has 8 heteroatoms. The van der Waals surface area contributed by atoms with E-state index in [4.69, 9.17) is 23.4 Å². The highest BCUT2D eigenvalue weighted by Gasteiger charge is 2.12. The largest absolute Gasteiger partial charge is 0.486 e. The fourth-order valence-electron chi connectivity index (χ4n) is 4.29. The molecule has 1 N–H and O–H groups in total. The van der Waals surface area contributed by atoms with E-state index in [0.29, 0.717) is 17.3 Å². The van der Waals surface area contributed by atoms with Crippen molar-refractivity contribution in [2.24, 2.45) is 0 Å². The van der Waals surface area contributed by atoms with Crippen LogP contribution in [0, 0.1) is 0 Å². The van der Waals surface area contributed by atoms with Crippen molar-refractivity contribution in [3.8, 4) is 33.8 Å². The van der Waals surface area contributed by atoms with E-state index in [0.717, 1.165) is 28.0 Å². The van der Waals surface area contributed by atoms with Gasteiger partial charge in [0.15, 0.2) is 0 Å². The Balaban J connectivity index is 0.000000178. The molecule has 0 spiro atoms. The summed E-state index contributed by atoms with van der Waals surface area (Å²) in [6, 6.07) is 42.0. The van der Waals surface area contributed by atoms with E-state index in [-0.39, 0.29) is 24.7 Å². The van der Waals surface area contributed by atoms with Crippen molar-refractivity contribution in [1.82, 2.24) is 0 Å². The van der Waals surface area contributed by atoms with E-state index >= 15 is 0 Å². The van der Waals surface area contributed by atoms with Gasteiger partial charge in [0, 0.05) is 0 Å². The molecule has 6 rings (SSSR count). The van der Waals surface area contributed by atoms with Crippen molar-refractivity contribution < 1.29 is 37.7 Å². The highest BCUT2D eigenvalue weighted by molar-refractivity contribution is 5.86. The third-order valence-electron chi connectivity index (χ3n) is 6.61. The number of aromatic carboxylic acids is 1. The second kappa shape index (κ2) is 14.9. The molecule has 0 aliphatic heterocycles. The maximum absolute atomic E-state index is 11.3. The molecular formula is C37H30O8. The molecule has 45 heavy (non-hydrogen) atoms. The summed E-state index contributed by atoms with van der Waals surface area (Å²) in [5, 5.41) is 8.79. The number of esters is 1. The van der Waals surface area contributed by atoms with Gasteiger partial charge >= 0.3 is 11.9 Å². The summed E-state index contributed by atoms with van der Waals surface area (Å²) in [4.78, 5) is 22.0. The van der Waals surface area contributed by atoms with Crippen molar-refractivity contribution in [1.29, 1.82) is 0 Å². The average Bonchev–Trinajstić information content (AvgIpc) is 3.78. The van der Waals surface area contributed by atoms with Crippen LogP contribution in [0.5, 0.6) is 11.5 Å². The summed E-state index contributed by atoms with van der Waals surface area (Å²) in [5.41, 5.74) is 4.54. The van der Waals surface area contributed by atoms with Crippen molar-refractivity contribution in [2.75, 3.05) is 7.11 Å². The van der Waals surface area contributed by atoms with Crippen LogP contribution >= 0.6 is 0 Å². The minimum atomic E-state index is -1.08.